The van der Waals surface area contributed by atoms with Crippen molar-refractivity contribution in [3.63, 3.8) is 0 Å². The number of rotatable bonds is 5. The second kappa shape index (κ2) is 7.75. The van der Waals surface area contributed by atoms with Gasteiger partial charge in [0.05, 0.1) is 11.2 Å². The van der Waals surface area contributed by atoms with Crippen molar-refractivity contribution < 1.29 is 27.8 Å². The van der Waals surface area contributed by atoms with Crippen LogP contribution < -0.4 is 4.74 Å². The van der Waals surface area contributed by atoms with Crippen molar-refractivity contribution in [2.75, 3.05) is 0 Å². The zero-order valence-corrected chi connectivity index (χ0v) is 16.2. The van der Waals surface area contributed by atoms with Gasteiger partial charge in [0, 0.05) is 29.4 Å². The average molecular weight is 427 g/mol. The molecule has 0 fully saturated rings. The van der Waals surface area contributed by atoms with Gasteiger partial charge in [-0.2, -0.15) is 5.10 Å². The lowest BCUT2D eigenvalue weighted by Gasteiger charge is -2.09. The van der Waals surface area contributed by atoms with Crippen LogP contribution in [0.1, 0.15) is 27.3 Å². The molecule has 0 aliphatic heterocycles. The first-order chi connectivity index (χ1) is 14.7. The second-order valence-corrected chi connectivity index (χ2v) is 6.93. The highest BCUT2D eigenvalue weighted by atomic mass is 19.4. The van der Waals surface area contributed by atoms with Crippen molar-refractivity contribution in [2.45, 2.75) is 19.7 Å². The molecule has 0 aliphatic carbocycles. The van der Waals surface area contributed by atoms with Crippen LogP contribution in [0.15, 0.2) is 60.8 Å². The van der Waals surface area contributed by atoms with E-state index in [2.05, 4.69) is 14.8 Å². The van der Waals surface area contributed by atoms with Gasteiger partial charge in [0.1, 0.15) is 11.4 Å². The fourth-order valence-corrected chi connectivity index (χ4v) is 3.30. The number of ether oxygens (including phenoxy) is 1. The zero-order chi connectivity index (χ0) is 22.2. The van der Waals surface area contributed by atoms with E-state index in [1.165, 1.54) is 30.3 Å². The van der Waals surface area contributed by atoms with Gasteiger partial charge in [-0.15, -0.1) is 13.2 Å². The Balaban J connectivity index is 1.78. The Kier molecular flexibility index (Phi) is 5.10. The van der Waals surface area contributed by atoms with Crippen molar-refractivity contribution >= 4 is 11.5 Å². The molecule has 0 atom stereocenters. The molecular weight excluding hydrogens is 411 g/mol. The molecule has 0 radical (unpaired) electrons. The number of hydrogen-bond donors (Lipinski definition) is 1. The van der Waals surface area contributed by atoms with Gasteiger partial charge in [0.15, 0.2) is 0 Å². The number of aryl methyl sites for hydroxylation is 1. The number of benzene rings is 1. The van der Waals surface area contributed by atoms with E-state index in [4.69, 9.17) is 0 Å². The molecule has 0 bridgehead atoms. The fraction of sp³-hybridized carbons (Fsp3) is 0.136. The number of carboxylic acids is 1. The third-order valence-electron chi connectivity index (χ3n) is 4.62. The summed E-state index contributed by atoms with van der Waals surface area (Å²) >= 11 is 0. The molecule has 4 rings (SSSR count). The molecule has 0 saturated carbocycles. The summed E-state index contributed by atoms with van der Waals surface area (Å²) in [4.78, 5) is 15.4. The molecule has 3 aromatic heterocycles. The topological polar surface area (TPSA) is 76.7 Å². The minimum Gasteiger partial charge on any atom is -0.477 e. The molecule has 158 valence electrons. The van der Waals surface area contributed by atoms with Crippen LogP contribution in [0.25, 0.3) is 16.8 Å². The maximum Gasteiger partial charge on any atom is 0.573 e. The van der Waals surface area contributed by atoms with E-state index in [9.17, 15) is 23.1 Å². The Morgan fingerprint density at radius 2 is 1.84 bits per heavy atom. The third kappa shape index (κ3) is 4.50. The Labute approximate surface area is 174 Å². The Hall–Kier alpha value is -3.88. The summed E-state index contributed by atoms with van der Waals surface area (Å²) in [7, 11) is 0. The number of alkyl halides is 3. The fourth-order valence-electron chi connectivity index (χ4n) is 3.30. The first-order valence-electron chi connectivity index (χ1n) is 9.23. The molecule has 0 spiro atoms. The van der Waals surface area contributed by atoms with E-state index in [0.717, 1.165) is 16.6 Å². The van der Waals surface area contributed by atoms with Crippen LogP contribution in [0.4, 0.5) is 13.2 Å². The van der Waals surface area contributed by atoms with Crippen molar-refractivity contribution in [2.24, 2.45) is 0 Å². The minimum absolute atomic E-state index is 0.0694. The van der Waals surface area contributed by atoms with Gasteiger partial charge >= 0.3 is 12.3 Å². The molecule has 31 heavy (non-hydrogen) atoms. The number of aromatic carboxylic acids is 1. The highest BCUT2D eigenvalue weighted by molar-refractivity contribution is 5.85. The lowest BCUT2D eigenvalue weighted by Crippen LogP contribution is -2.16. The summed E-state index contributed by atoms with van der Waals surface area (Å²) in [6.45, 7) is 1.92. The third-order valence-corrected chi connectivity index (χ3v) is 4.62. The number of pyridine rings is 2. The molecule has 0 amide bonds. The van der Waals surface area contributed by atoms with Crippen LogP contribution >= 0.6 is 0 Å². The van der Waals surface area contributed by atoms with Crippen LogP contribution in [0, 0.1) is 6.92 Å². The summed E-state index contributed by atoms with van der Waals surface area (Å²) in [5.74, 6) is -1.45. The first-order valence-corrected chi connectivity index (χ1v) is 9.23. The monoisotopic (exact) mass is 427 g/mol. The molecular formula is C22H16F3N3O3. The zero-order valence-electron chi connectivity index (χ0n) is 16.2. The number of carbonyl (C=O) groups is 1. The number of fused-ring (bicyclic) bond motifs is 1. The van der Waals surface area contributed by atoms with E-state index in [-0.39, 0.29) is 11.4 Å². The standard InChI is InChI=1S/C22H16F3N3O3/c1-13-5-10-19-17(11-15-3-2-4-18(26-15)21(29)30)20(27-28(19)12-13)14-6-8-16(9-7-14)31-22(23,24)25/h2-10,12H,11H2,1H3,(H,29,30). The van der Waals surface area contributed by atoms with Gasteiger partial charge in [0.25, 0.3) is 0 Å². The van der Waals surface area contributed by atoms with Crippen molar-refractivity contribution in [3.05, 3.63) is 83.3 Å². The number of halogens is 3. The van der Waals surface area contributed by atoms with Crippen LogP contribution in [0.5, 0.6) is 5.75 Å². The van der Waals surface area contributed by atoms with E-state index in [1.807, 2.05) is 25.3 Å². The van der Waals surface area contributed by atoms with Gasteiger partial charge < -0.3 is 9.84 Å². The average Bonchev–Trinajstić information content (AvgIpc) is 3.05. The molecule has 3 heterocycles. The quantitative estimate of drug-likeness (QED) is 0.491. The summed E-state index contributed by atoms with van der Waals surface area (Å²) in [5.41, 5.74) is 4.17. The van der Waals surface area contributed by atoms with Crippen LogP contribution in [-0.2, 0) is 6.42 Å². The lowest BCUT2D eigenvalue weighted by atomic mass is 10.0. The van der Waals surface area contributed by atoms with Crippen molar-refractivity contribution in [3.8, 4) is 17.0 Å². The van der Waals surface area contributed by atoms with E-state index >= 15 is 0 Å². The van der Waals surface area contributed by atoms with Gasteiger partial charge in [-0.1, -0.05) is 12.1 Å². The van der Waals surface area contributed by atoms with Gasteiger partial charge in [-0.25, -0.2) is 14.3 Å². The second-order valence-electron chi connectivity index (χ2n) is 6.93. The minimum atomic E-state index is -4.77. The number of nitrogens with zero attached hydrogens (tertiary/aromatic N) is 3. The Morgan fingerprint density at radius 3 is 2.52 bits per heavy atom. The summed E-state index contributed by atoms with van der Waals surface area (Å²) in [6, 6.07) is 14.0. The van der Waals surface area contributed by atoms with E-state index in [0.29, 0.717) is 23.4 Å². The SMILES string of the molecule is Cc1ccc2c(Cc3cccc(C(=O)O)n3)c(-c3ccc(OC(F)(F)F)cc3)nn2c1. The lowest BCUT2D eigenvalue weighted by molar-refractivity contribution is -0.274. The molecule has 9 heteroatoms. The van der Waals surface area contributed by atoms with E-state index in [1.54, 1.807) is 16.6 Å². The molecule has 6 nitrogen and oxygen atoms in total. The largest absolute Gasteiger partial charge is 0.573 e. The summed E-state index contributed by atoms with van der Waals surface area (Å²) < 4.78 is 43.0. The van der Waals surface area contributed by atoms with Gasteiger partial charge in [-0.05, 0) is 55.0 Å². The molecule has 0 unspecified atom stereocenters. The Morgan fingerprint density at radius 1 is 1.10 bits per heavy atom. The molecule has 0 saturated heterocycles. The van der Waals surface area contributed by atoms with E-state index < -0.39 is 12.3 Å². The number of hydrogen-bond acceptors (Lipinski definition) is 4. The molecule has 4 aromatic rings. The van der Waals surface area contributed by atoms with Crippen molar-refractivity contribution in [1.29, 1.82) is 0 Å². The first kappa shape index (κ1) is 20.4. The van der Waals surface area contributed by atoms with Crippen LogP contribution in [0.3, 0.4) is 0 Å². The normalized spacial score (nSPS) is 11.6. The maximum atomic E-state index is 12.5. The predicted octanol–water partition coefficient (Wildman–Crippen LogP) is 4.89. The molecule has 1 N–H and O–H groups in total. The van der Waals surface area contributed by atoms with Gasteiger partial charge in [-0.3, -0.25) is 0 Å². The summed E-state index contributed by atoms with van der Waals surface area (Å²) in [6.07, 6.45) is -2.64. The highest BCUT2D eigenvalue weighted by Crippen LogP contribution is 2.31. The Bertz CT molecular complexity index is 1260. The van der Waals surface area contributed by atoms with Gasteiger partial charge in [0.2, 0.25) is 0 Å². The molecule has 1 aromatic carbocycles. The van der Waals surface area contributed by atoms with Crippen LogP contribution in [0.2, 0.25) is 0 Å². The predicted molar refractivity (Wildman–Crippen MR) is 106 cm³/mol. The highest BCUT2D eigenvalue weighted by Gasteiger charge is 2.31. The number of aromatic nitrogens is 3. The summed E-state index contributed by atoms with van der Waals surface area (Å²) in [5, 5.41) is 13.8. The van der Waals surface area contributed by atoms with Crippen molar-refractivity contribution in [1.82, 2.24) is 14.6 Å². The maximum absolute atomic E-state index is 12.5. The smallest absolute Gasteiger partial charge is 0.477 e. The van der Waals surface area contributed by atoms with Crippen LogP contribution in [-0.4, -0.2) is 32.0 Å². The molecule has 0 aliphatic rings. The number of carboxylic acid groups (broad SMARTS) is 1.